The van der Waals surface area contributed by atoms with Crippen LogP contribution < -0.4 is 4.90 Å². The summed E-state index contributed by atoms with van der Waals surface area (Å²) in [5.74, 6) is -0.252. The van der Waals surface area contributed by atoms with E-state index in [4.69, 9.17) is 26.2 Å². The van der Waals surface area contributed by atoms with Crippen LogP contribution in [-0.4, -0.2) is 65.4 Å². The van der Waals surface area contributed by atoms with Crippen molar-refractivity contribution in [1.29, 1.82) is 0 Å². The molecule has 0 aliphatic carbocycles. The van der Waals surface area contributed by atoms with Crippen LogP contribution in [0.5, 0.6) is 0 Å². The van der Waals surface area contributed by atoms with E-state index < -0.39 is 0 Å². The molecule has 2 heterocycles. The summed E-state index contributed by atoms with van der Waals surface area (Å²) in [6.45, 7) is 1.51. The predicted octanol–water partition coefficient (Wildman–Crippen LogP) is 1.51. The van der Waals surface area contributed by atoms with E-state index in [1.165, 1.54) is 4.90 Å². The Hall–Kier alpha value is -1.83. The van der Waals surface area contributed by atoms with Crippen molar-refractivity contribution in [2.75, 3.05) is 44.3 Å². The zero-order valence-corrected chi connectivity index (χ0v) is 14.7. The van der Waals surface area contributed by atoms with Crippen LogP contribution in [0.4, 0.5) is 6.01 Å². The first kappa shape index (κ1) is 18.0. The Kier molecular flexibility index (Phi) is 5.78. The molecule has 2 N–H and O–H groups in total. The Labute approximate surface area is 150 Å². The highest BCUT2D eigenvalue weighted by Gasteiger charge is 2.30. The van der Waals surface area contributed by atoms with Crippen LogP contribution in [-0.2, 0) is 4.79 Å². The minimum atomic E-state index is -0.203. The Morgan fingerprint density at radius 2 is 2.12 bits per heavy atom. The molecule has 1 aliphatic rings. The molecule has 1 atom stereocenters. The first-order valence-electron chi connectivity index (χ1n) is 8.44. The van der Waals surface area contributed by atoms with Gasteiger partial charge in [0.25, 0.3) is 6.01 Å². The Balaban J connectivity index is 1.74. The zero-order valence-electron chi connectivity index (χ0n) is 13.9. The van der Waals surface area contributed by atoms with Crippen LogP contribution in [0.1, 0.15) is 12.8 Å². The molecule has 1 aliphatic heterocycles. The molecule has 8 heteroatoms. The Bertz CT molecular complexity index is 730. The number of hydrogen-bond donors (Lipinski definition) is 2. The highest BCUT2D eigenvalue weighted by atomic mass is 35.5. The second kappa shape index (κ2) is 8.03. The summed E-state index contributed by atoms with van der Waals surface area (Å²) in [7, 11) is 0. The number of aromatic nitrogens is 1. The maximum absolute atomic E-state index is 12.7. The molecule has 1 amide bonds. The van der Waals surface area contributed by atoms with Gasteiger partial charge in [0, 0.05) is 31.2 Å². The van der Waals surface area contributed by atoms with E-state index in [9.17, 15) is 4.79 Å². The van der Waals surface area contributed by atoms with Gasteiger partial charge in [0.15, 0.2) is 5.58 Å². The summed E-state index contributed by atoms with van der Waals surface area (Å²) in [4.78, 5) is 20.6. The number of anilines is 1. The molecule has 7 nitrogen and oxygen atoms in total. The average Bonchev–Trinajstić information content (AvgIpc) is 3.04. The van der Waals surface area contributed by atoms with Crippen molar-refractivity contribution < 1.29 is 19.4 Å². The molecule has 1 fully saturated rings. The molecule has 3 rings (SSSR count). The monoisotopic (exact) mass is 367 g/mol. The number of halogens is 1. The summed E-state index contributed by atoms with van der Waals surface area (Å²) in [5, 5.41) is 18.8. The van der Waals surface area contributed by atoms with Gasteiger partial charge in [-0.05, 0) is 31.0 Å². The summed E-state index contributed by atoms with van der Waals surface area (Å²) < 4.78 is 5.80. The van der Waals surface area contributed by atoms with Crippen LogP contribution in [0.2, 0.25) is 5.02 Å². The van der Waals surface area contributed by atoms with Crippen molar-refractivity contribution in [3.63, 3.8) is 0 Å². The smallest absolute Gasteiger partial charge is 0.298 e. The molecular weight excluding hydrogens is 346 g/mol. The third kappa shape index (κ3) is 4.05. The highest BCUT2D eigenvalue weighted by molar-refractivity contribution is 6.31. The number of aliphatic hydroxyl groups excluding tert-OH is 2. The number of carbonyl (C=O) groups is 1. The first-order valence-corrected chi connectivity index (χ1v) is 8.81. The molecule has 1 saturated heterocycles. The van der Waals surface area contributed by atoms with E-state index in [1.54, 1.807) is 18.2 Å². The lowest BCUT2D eigenvalue weighted by Gasteiger charge is -2.33. The van der Waals surface area contributed by atoms with Crippen LogP contribution in [0.15, 0.2) is 22.6 Å². The Morgan fingerprint density at radius 1 is 1.36 bits per heavy atom. The van der Waals surface area contributed by atoms with E-state index in [1.807, 2.05) is 4.90 Å². The van der Waals surface area contributed by atoms with Gasteiger partial charge in [-0.15, -0.1) is 0 Å². The lowest BCUT2D eigenvalue weighted by molar-refractivity contribution is -0.136. The number of oxazole rings is 1. The second-order valence-electron chi connectivity index (χ2n) is 6.17. The van der Waals surface area contributed by atoms with Crippen LogP contribution >= 0.6 is 11.6 Å². The van der Waals surface area contributed by atoms with E-state index in [2.05, 4.69) is 4.98 Å². The lowest BCUT2D eigenvalue weighted by atomic mass is 9.96. The maximum atomic E-state index is 12.7. The van der Waals surface area contributed by atoms with Gasteiger partial charge in [-0.1, -0.05) is 11.6 Å². The van der Waals surface area contributed by atoms with Gasteiger partial charge in [-0.25, -0.2) is 0 Å². The third-order valence-electron chi connectivity index (χ3n) is 4.43. The predicted molar refractivity (Wildman–Crippen MR) is 94.7 cm³/mol. The molecule has 0 radical (unpaired) electrons. The number of benzene rings is 1. The molecule has 0 bridgehead atoms. The molecular formula is C17H22ClN3O4. The van der Waals surface area contributed by atoms with Crippen LogP contribution in [0, 0.1) is 5.92 Å². The molecule has 0 spiro atoms. The second-order valence-corrected chi connectivity index (χ2v) is 6.60. The maximum Gasteiger partial charge on any atom is 0.298 e. The fourth-order valence-electron chi connectivity index (χ4n) is 3.21. The fourth-order valence-corrected chi connectivity index (χ4v) is 3.37. The summed E-state index contributed by atoms with van der Waals surface area (Å²) in [6, 6.07) is 5.78. The summed E-state index contributed by atoms with van der Waals surface area (Å²) in [6.07, 6.45) is 1.62. The van der Waals surface area contributed by atoms with Crippen LogP contribution in [0.25, 0.3) is 11.1 Å². The van der Waals surface area contributed by atoms with Gasteiger partial charge in [0.2, 0.25) is 5.91 Å². The number of hydrogen-bond acceptors (Lipinski definition) is 6. The minimum absolute atomic E-state index is 0.0491. The molecule has 25 heavy (non-hydrogen) atoms. The quantitative estimate of drug-likeness (QED) is 0.804. The van der Waals surface area contributed by atoms with Gasteiger partial charge in [-0.3, -0.25) is 4.79 Å². The number of amides is 1. The largest absolute Gasteiger partial charge is 0.423 e. The number of carbonyl (C=O) groups excluding carboxylic acids is 1. The topological polar surface area (TPSA) is 90.0 Å². The summed E-state index contributed by atoms with van der Waals surface area (Å²) >= 11 is 5.99. The van der Waals surface area contributed by atoms with Crippen molar-refractivity contribution in [3.05, 3.63) is 23.2 Å². The average molecular weight is 368 g/mol. The Morgan fingerprint density at radius 3 is 2.84 bits per heavy atom. The molecule has 1 aromatic carbocycles. The number of aliphatic hydroxyl groups is 2. The van der Waals surface area contributed by atoms with E-state index in [-0.39, 0.29) is 38.1 Å². The van der Waals surface area contributed by atoms with Crippen molar-refractivity contribution in [1.82, 2.24) is 9.88 Å². The van der Waals surface area contributed by atoms with Crippen molar-refractivity contribution in [3.8, 4) is 0 Å². The SMILES string of the molecule is O=C(C1CCCN(c2nc3cc(Cl)ccc3o2)C1)N(CCO)CCO. The van der Waals surface area contributed by atoms with E-state index in [0.717, 1.165) is 19.4 Å². The number of nitrogens with zero attached hydrogens (tertiary/aromatic N) is 3. The molecule has 0 saturated carbocycles. The van der Waals surface area contributed by atoms with Crippen molar-refractivity contribution in [2.45, 2.75) is 12.8 Å². The number of piperidine rings is 1. The van der Waals surface area contributed by atoms with Crippen LogP contribution in [0.3, 0.4) is 0 Å². The molecule has 2 aromatic rings. The first-order chi connectivity index (χ1) is 12.1. The van der Waals surface area contributed by atoms with Gasteiger partial charge < -0.3 is 24.4 Å². The normalized spacial score (nSPS) is 17.9. The van der Waals surface area contributed by atoms with Gasteiger partial charge in [0.05, 0.1) is 19.1 Å². The van der Waals surface area contributed by atoms with Crippen molar-refractivity contribution in [2.24, 2.45) is 5.92 Å². The molecule has 136 valence electrons. The minimum Gasteiger partial charge on any atom is -0.423 e. The standard InChI is InChI=1S/C17H22ClN3O4/c18-13-3-4-15-14(10-13)19-17(25-15)21-5-1-2-12(11-21)16(24)20(6-8-22)7-9-23/h3-4,10,12,22-23H,1-2,5-9,11H2. The summed E-state index contributed by atoms with van der Waals surface area (Å²) in [5.41, 5.74) is 1.35. The third-order valence-corrected chi connectivity index (χ3v) is 4.67. The number of fused-ring (bicyclic) bond motifs is 1. The lowest BCUT2D eigenvalue weighted by Crippen LogP contribution is -2.46. The molecule has 1 unspecified atom stereocenters. The van der Waals surface area contributed by atoms with Gasteiger partial charge >= 0.3 is 0 Å². The zero-order chi connectivity index (χ0) is 17.8. The van der Waals surface area contributed by atoms with Crippen molar-refractivity contribution >= 4 is 34.6 Å². The number of rotatable bonds is 6. The van der Waals surface area contributed by atoms with E-state index >= 15 is 0 Å². The van der Waals surface area contributed by atoms with Gasteiger partial charge in [0.1, 0.15) is 5.52 Å². The molecule has 1 aromatic heterocycles. The fraction of sp³-hybridized carbons (Fsp3) is 0.529. The van der Waals surface area contributed by atoms with E-state index in [0.29, 0.717) is 28.7 Å². The van der Waals surface area contributed by atoms with Gasteiger partial charge in [-0.2, -0.15) is 4.98 Å². The highest BCUT2D eigenvalue weighted by Crippen LogP contribution is 2.28.